The first kappa shape index (κ1) is 31.5. The number of nitro benzene ring substituents is 1. The third-order valence-corrected chi connectivity index (χ3v) is 8.67. The van der Waals surface area contributed by atoms with Crippen LogP contribution in [0.15, 0.2) is 46.5 Å². The third-order valence-electron chi connectivity index (χ3n) is 6.56. The molecule has 12 nitrogen and oxygen atoms in total. The topological polar surface area (TPSA) is 144 Å². The van der Waals surface area contributed by atoms with E-state index >= 15 is 0 Å². The molecule has 1 aromatic rings. The Kier molecular flexibility index (Phi) is 9.30. The summed E-state index contributed by atoms with van der Waals surface area (Å²) in [6.07, 6.45) is 0. The molecule has 3 rings (SSSR count). The van der Waals surface area contributed by atoms with Gasteiger partial charge in [0, 0.05) is 36.1 Å². The van der Waals surface area contributed by atoms with E-state index in [1.165, 1.54) is 25.3 Å². The van der Waals surface area contributed by atoms with Gasteiger partial charge in [0.1, 0.15) is 6.73 Å². The lowest BCUT2D eigenvalue weighted by Gasteiger charge is -2.42. The van der Waals surface area contributed by atoms with Crippen LogP contribution in [0.1, 0.15) is 59.9 Å². The van der Waals surface area contributed by atoms with Gasteiger partial charge in [-0.1, -0.05) is 26.0 Å². The van der Waals surface area contributed by atoms with Crippen molar-refractivity contribution in [2.24, 2.45) is 10.8 Å². The summed E-state index contributed by atoms with van der Waals surface area (Å²) >= 11 is 0. The quantitative estimate of drug-likeness (QED) is 0.127. The van der Waals surface area contributed by atoms with Gasteiger partial charge in [0.15, 0.2) is 0 Å². The van der Waals surface area contributed by atoms with Crippen LogP contribution >= 0.6 is 7.60 Å². The van der Waals surface area contributed by atoms with Crippen LogP contribution in [-0.4, -0.2) is 55.6 Å². The van der Waals surface area contributed by atoms with Gasteiger partial charge in [-0.3, -0.25) is 19.5 Å². The average molecular weight is 581 g/mol. The summed E-state index contributed by atoms with van der Waals surface area (Å²) in [7, 11) is -2.56. The van der Waals surface area contributed by atoms with Gasteiger partial charge in [-0.2, -0.15) is 0 Å². The van der Waals surface area contributed by atoms with Crippen LogP contribution in [0.4, 0.5) is 5.69 Å². The minimum absolute atomic E-state index is 0.00981. The highest BCUT2D eigenvalue weighted by Gasteiger charge is 2.49. The maximum Gasteiger partial charge on any atom is 0.360 e. The fourth-order valence-electron chi connectivity index (χ4n) is 4.34. The second-order valence-corrected chi connectivity index (χ2v) is 13.5. The summed E-state index contributed by atoms with van der Waals surface area (Å²) in [5.74, 6) is -2.53. The first-order chi connectivity index (χ1) is 18.5. The molecule has 0 aliphatic carbocycles. The van der Waals surface area contributed by atoms with Crippen molar-refractivity contribution >= 4 is 25.2 Å². The van der Waals surface area contributed by atoms with Crippen molar-refractivity contribution in [2.45, 2.75) is 54.4 Å². The van der Waals surface area contributed by atoms with Crippen molar-refractivity contribution in [3.05, 3.63) is 62.2 Å². The van der Waals surface area contributed by atoms with Crippen LogP contribution in [0.3, 0.4) is 0 Å². The molecule has 0 N–H and O–H groups in total. The Morgan fingerprint density at radius 3 is 2.33 bits per heavy atom. The number of hydrogen-bond donors (Lipinski definition) is 0. The second-order valence-electron chi connectivity index (χ2n) is 11.5. The molecule has 1 saturated heterocycles. The molecule has 220 valence electrons. The van der Waals surface area contributed by atoms with E-state index < -0.39 is 48.0 Å². The summed E-state index contributed by atoms with van der Waals surface area (Å²) in [5, 5.41) is 11.8. The number of ether oxygens (including phenoxy) is 3. The van der Waals surface area contributed by atoms with Gasteiger partial charge in [0.05, 0.1) is 40.4 Å². The number of carbonyl (C=O) groups is 2. The van der Waals surface area contributed by atoms with Gasteiger partial charge in [-0.25, -0.2) is 4.79 Å². The maximum atomic E-state index is 14.4. The zero-order chi connectivity index (χ0) is 30.0. The van der Waals surface area contributed by atoms with E-state index in [9.17, 15) is 24.3 Å². The zero-order valence-corrected chi connectivity index (χ0v) is 25.0. The number of esters is 2. The van der Waals surface area contributed by atoms with Gasteiger partial charge in [-0.05, 0) is 40.2 Å². The molecule has 2 aliphatic heterocycles. The zero-order valence-electron chi connectivity index (χ0n) is 24.1. The predicted molar refractivity (Wildman–Crippen MR) is 145 cm³/mol. The van der Waals surface area contributed by atoms with Gasteiger partial charge in [0.25, 0.3) is 5.69 Å². The minimum Gasteiger partial charge on any atom is -0.427 e. The number of methoxy groups -OCH3 is 1. The number of non-ortho nitro benzene ring substituents is 1. The summed E-state index contributed by atoms with van der Waals surface area (Å²) in [5.41, 5.74) is -0.255. The molecule has 0 saturated carbocycles. The number of carbonyl (C=O) groups excluding carboxylic acids is 2. The Labute approximate surface area is 233 Å². The lowest BCUT2D eigenvalue weighted by Crippen LogP contribution is -2.36. The number of hydrogen-bond acceptors (Lipinski definition) is 11. The first-order valence-corrected chi connectivity index (χ1v) is 14.2. The first-order valence-electron chi connectivity index (χ1n) is 12.7. The molecule has 1 aromatic carbocycles. The molecular weight excluding hydrogens is 543 g/mol. The SMILES string of the molecule is COCN1C(C)=C(C(=O)OCOC(=O)C(C)(C)C)[C@H](c2cccc([N+](=O)[O-])c2)C(P2(=O)OCC(C)(C)CO2)=C1C. The minimum atomic E-state index is -4.03. The van der Waals surface area contributed by atoms with E-state index in [1.807, 2.05) is 13.8 Å². The number of nitro groups is 1. The number of nitrogens with zero attached hydrogens (tertiary/aromatic N) is 2. The maximum absolute atomic E-state index is 14.4. The van der Waals surface area contributed by atoms with Crippen molar-refractivity contribution in [3.8, 4) is 0 Å². The van der Waals surface area contributed by atoms with E-state index in [4.69, 9.17) is 23.3 Å². The summed E-state index contributed by atoms with van der Waals surface area (Å²) in [4.78, 5) is 38.6. The molecule has 0 aromatic heterocycles. The molecule has 2 aliphatic rings. The smallest absolute Gasteiger partial charge is 0.360 e. The van der Waals surface area contributed by atoms with Crippen LogP contribution in [0.2, 0.25) is 0 Å². The highest BCUT2D eigenvalue weighted by Crippen LogP contribution is 2.67. The number of benzene rings is 1. The van der Waals surface area contributed by atoms with Crippen molar-refractivity contribution in [3.63, 3.8) is 0 Å². The van der Waals surface area contributed by atoms with Crippen molar-refractivity contribution in [1.29, 1.82) is 0 Å². The summed E-state index contributed by atoms with van der Waals surface area (Å²) in [6.45, 7) is 11.7. The third kappa shape index (κ3) is 6.63. The van der Waals surface area contributed by atoms with Crippen LogP contribution in [0.25, 0.3) is 0 Å². The Bertz CT molecular complexity index is 1280. The lowest BCUT2D eigenvalue weighted by molar-refractivity contribution is -0.384. The molecular formula is C27H37N2O10P. The Balaban J connectivity index is 2.17. The molecule has 1 atom stereocenters. The highest BCUT2D eigenvalue weighted by molar-refractivity contribution is 7.58. The highest BCUT2D eigenvalue weighted by atomic mass is 31.2. The number of allylic oxidation sites excluding steroid dienone is 3. The molecule has 13 heteroatoms. The molecule has 1 fully saturated rings. The predicted octanol–water partition coefficient (Wildman–Crippen LogP) is 5.46. The van der Waals surface area contributed by atoms with E-state index in [0.29, 0.717) is 17.0 Å². The van der Waals surface area contributed by atoms with E-state index in [2.05, 4.69) is 0 Å². The summed E-state index contributed by atoms with van der Waals surface area (Å²) in [6, 6.07) is 5.70. The van der Waals surface area contributed by atoms with Gasteiger partial charge in [-0.15, -0.1) is 0 Å². The van der Waals surface area contributed by atoms with E-state index in [1.54, 1.807) is 45.6 Å². The van der Waals surface area contributed by atoms with Crippen LogP contribution < -0.4 is 0 Å². The monoisotopic (exact) mass is 580 g/mol. The Morgan fingerprint density at radius 1 is 1.15 bits per heavy atom. The van der Waals surface area contributed by atoms with Gasteiger partial charge >= 0.3 is 19.5 Å². The van der Waals surface area contributed by atoms with Gasteiger partial charge < -0.3 is 28.2 Å². The molecule has 0 amide bonds. The van der Waals surface area contributed by atoms with E-state index in [0.717, 1.165) is 0 Å². The van der Waals surface area contributed by atoms with Crippen molar-refractivity contribution in [2.75, 3.05) is 33.8 Å². The van der Waals surface area contributed by atoms with Crippen molar-refractivity contribution < 1.29 is 42.3 Å². The van der Waals surface area contributed by atoms with Crippen LogP contribution in [-0.2, 0) is 37.4 Å². The Hall–Kier alpha value is -3.05. The van der Waals surface area contributed by atoms with E-state index in [-0.39, 0.29) is 36.5 Å². The molecule has 0 radical (unpaired) electrons. The molecule has 40 heavy (non-hydrogen) atoms. The normalized spacial score (nSPS) is 20.8. The largest absolute Gasteiger partial charge is 0.427 e. The standard InChI is InChI=1S/C27H37N2O10P/c1-17-21(24(30)36-16-37-25(31)26(3,4)5)22(19-10-9-11-20(12-19)29(32)33)23(18(2)28(17)15-35-8)40(34)38-13-27(6,7)14-39-40/h9-12,22H,13-16H2,1-8H3/t22-/m0/s1. The van der Waals surface area contributed by atoms with Crippen molar-refractivity contribution in [1.82, 2.24) is 4.90 Å². The Morgan fingerprint density at radius 2 is 1.77 bits per heavy atom. The molecule has 2 heterocycles. The fraction of sp³-hybridized carbons (Fsp3) is 0.556. The molecule has 0 spiro atoms. The average Bonchev–Trinajstić information content (AvgIpc) is 2.87. The lowest BCUT2D eigenvalue weighted by atomic mass is 9.85. The second kappa shape index (κ2) is 11.8. The van der Waals surface area contributed by atoms with Crippen LogP contribution in [0, 0.1) is 20.9 Å². The van der Waals surface area contributed by atoms with Crippen LogP contribution in [0.5, 0.6) is 0 Å². The summed E-state index contributed by atoms with van der Waals surface area (Å²) < 4.78 is 42.0. The van der Waals surface area contributed by atoms with Gasteiger partial charge in [0.2, 0.25) is 6.79 Å². The number of rotatable bonds is 8. The molecule has 0 unspecified atom stereocenters. The fourth-order valence-corrected chi connectivity index (χ4v) is 6.85. The molecule has 0 bridgehead atoms.